The Morgan fingerprint density at radius 1 is 0.656 bits per heavy atom. The molecule has 0 atom stereocenters. The highest BCUT2D eigenvalue weighted by Gasteiger charge is 2.38. The first-order valence-corrected chi connectivity index (χ1v) is 11.9. The van der Waals surface area contributed by atoms with Crippen molar-refractivity contribution in [3.05, 3.63) is 96.1 Å². The second-order valence-electron chi connectivity index (χ2n) is 9.50. The molecule has 0 unspecified atom stereocenters. The Labute approximate surface area is 191 Å². The number of rotatable bonds is 4. The predicted octanol–water partition coefficient (Wildman–Crippen LogP) is 5.87. The van der Waals surface area contributed by atoms with Crippen LogP contribution < -0.4 is 0 Å². The van der Waals surface area contributed by atoms with Gasteiger partial charge in [-0.2, -0.15) is 0 Å². The molecule has 3 aromatic rings. The molecule has 2 heterocycles. The molecule has 0 aromatic heterocycles. The van der Waals surface area contributed by atoms with E-state index in [0.717, 1.165) is 43.6 Å². The van der Waals surface area contributed by atoms with E-state index in [9.17, 15) is 4.79 Å². The molecule has 1 spiro atoms. The fourth-order valence-corrected chi connectivity index (χ4v) is 5.33. The van der Waals surface area contributed by atoms with E-state index in [1.54, 1.807) is 0 Å². The van der Waals surface area contributed by atoms with Gasteiger partial charge in [0, 0.05) is 25.2 Å². The number of piperidine rings is 2. The maximum absolute atomic E-state index is 13.1. The lowest BCUT2D eigenvalue weighted by Crippen LogP contribution is -2.48. The lowest BCUT2D eigenvalue weighted by molar-refractivity contribution is 0.0285. The van der Waals surface area contributed by atoms with Crippen LogP contribution in [0.3, 0.4) is 0 Å². The average Bonchev–Trinajstić information content (AvgIpc) is 2.87. The first-order valence-electron chi connectivity index (χ1n) is 11.9. The van der Waals surface area contributed by atoms with Gasteiger partial charge in [-0.3, -0.25) is 9.69 Å². The van der Waals surface area contributed by atoms with E-state index >= 15 is 0 Å². The highest BCUT2D eigenvalue weighted by molar-refractivity contribution is 5.94. The predicted molar refractivity (Wildman–Crippen MR) is 130 cm³/mol. The molecule has 2 aliphatic rings. The number of nitrogens with zero attached hydrogens (tertiary/aromatic N) is 2. The maximum atomic E-state index is 13.1. The SMILES string of the molecule is O=C(c1ccc(-c2ccccc2)cc1)N1CCC2(CCN(Cc3ccccc3)CC2)CC1. The lowest BCUT2D eigenvalue weighted by Gasteiger charge is -2.47. The molecule has 3 nitrogen and oxygen atoms in total. The molecule has 0 radical (unpaired) electrons. The summed E-state index contributed by atoms with van der Waals surface area (Å²) in [5.74, 6) is 0.181. The Kier molecular flexibility index (Phi) is 6.09. The first-order chi connectivity index (χ1) is 15.7. The Morgan fingerprint density at radius 3 is 1.81 bits per heavy atom. The Morgan fingerprint density at radius 2 is 1.19 bits per heavy atom. The summed E-state index contributed by atoms with van der Waals surface area (Å²) in [5, 5.41) is 0. The van der Waals surface area contributed by atoms with Crippen LogP contribution in [-0.2, 0) is 6.54 Å². The van der Waals surface area contributed by atoms with Gasteiger partial charge in [0.05, 0.1) is 0 Å². The van der Waals surface area contributed by atoms with Gasteiger partial charge in [0.2, 0.25) is 0 Å². The Balaban J connectivity index is 1.14. The molecule has 0 bridgehead atoms. The van der Waals surface area contributed by atoms with E-state index in [1.807, 2.05) is 30.3 Å². The van der Waals surface area contributed by atoms with Crippen LogP contribution in [-0.4, -0.2) is 41.9 Å². The molecule has 5 rings (SSSR count). The molecular formula is C29H32N2O. The zero-order valence-corrected chi connectivity index (χ0v) is 18.7. The summed E-state index contributed by atoms with van der Waals surface area (Å²) in [5.41, 5.74) is 4.98. The monoisotopic (exact) mass is 424 g/mol. The maximum Gasteiger partial charge on any atom is 0.253 e. The number of amides is 1. The van der Waals surface area contributed by atoms with E-state index < -0.39 is 0 Å². The molecule has 0 N–H and O–H groups in total. The van der Waals surface area contributed by atoms with Crippen LogP contribution in [0.15, 0.2) is 84.9 Å². The first kappa shape index (κ1) is 21.0. The van der Waals surface area contributed by atoms with Crippen LogP contribution in [0.25, 0.3) is 11.1 Å². The van der Waals surface area contributed by atoms with Gasteiger partial charge in [-0.1, -0.05) is 72.8 Å². The van der Waals surface area contributed by atoms with Crippen LogP contribution in [0.5, 0.6) is 0 Å². The van der Waals surface area contributed by atoms with Gasteiger partial charge in [-0.25, -0.2) is 0 Å². The number of carbonyl (C=O) groups excluding carboxylic acids is 1. The highest BCUT2D eigenvalue weighted by atomic mass is 16.2. The molecule has 3 heteroatoms. The van der Waals surface area contributed by atoms with E-state index in [1.165, 1.54) is 37.1 Å². The van der Waals surface area contributed by atoms with E-state index in [4.69, 9.17) is 0 Å². The molecule has 1 amide bonds. The van der Waals surface area contributed by atoms with Gasteiger partial charge < -0.3 is 4.90 Å². The van der Waals surface area contributed by atoms with Crippen molar-refractivity contribution in [2.24, 2.45) is 5.41 Å². The minimum atomic E-state index is 0.181. The Bertz CT molecular complexity index is 1010. The summed E-state index contributed by atoms with van der Waals surface area (Å²) in [4.78, 5) is 17.7. The number of hydrogen-bond donors (Lipinski definition) is 0. The lowest BCUT2D eigenvalue weighted by atomic mass is 9.71. The number of likely N-dealkylation sites (tertiary alicyclic amines) is 2. The summed E-state index contributed by atoms with van der Waals surface area (Å²) in [6.07, 6.45) is 4.79. The van der Waals surface area contributed by atoms with Crippen molar-refractivity contribution in [3.63, 3.8) is 0 Å². The quantitative estimate of drug-likeness (QED) is 0.523. The van der Waals surface area contributed by atoms with Crippen molar-refractivity contribution >= 4 is 5.91 Å². The van der Waals surface area contributed by atoms with Gasteiger partial charge in [0.25, 0.3) is 5.91 Å². The number of hydrogen-bond acceptors (Lipinski definition) is 2. The molecule has 2 aliphatic heterocycles. The highest BCUT2D eigenvalue weighted by Crippen LogP contribution is 2.41. The summed E-state index contributed by atoms with van der Waals surface area (Å²) in [7, 11) is 0. The molecule has 2 saturated heterocycles. The van der Waals surface area contributed by atoms with Crippen molar-refractivity contribution in [1.29, 1.82) is 0 Å². The van der Waals surface area contributed by atoms with Crippen LogP contribution in [0.1, 0.15) is 41.6 Å². The summed E-state index contributed by atoms with van der Waals surface area (Å²) in [6.45, 7) is 5.17. The molecular weight excluding hydrogens is 392 g/mol. The summed E-state index contributed by atoms with van der Waals surface area (Å²) >= 11 is 0. The van der Waals surface area contributed by atoms with Gasteiger partial charge >= 0.3 is 0 Å². The van der Waals surface area contributed by atoms with Crippen molar-refractivity contribution < 1.29 is 4.79 Å². The molecule has 2 fully saturated rings. The molecule has 3 aromatic carbocycles. The third-order valence-corrected chi connectivity index (χ3v) is 7.52. The topological polar surface area (TPSA) is 23.6 Å². The standard InChI is InChI=1S/C29H32N2O/c32-28(27-13-11-26(12-14-27)25-9-5-2-6-10-25)31-21-17-29(18-22-31)15-19-30(20-16-29)23-24-7-3-1-4-8-24/h1-14H,15-23H2. The normalized spacial score (nSPS) is 18.6. The van der Waals surface area contributed by atoms with Gasteiger partial charge in [-0.05, 0) is 73.0 Å². The van der Waals surface area contributed by atoms with Crippen LogP contribution in [0.2, 0.25) is 0 Å². The number of carbonyl (C=O) groups is 1. The zero-order chi connectivity index (χ0) is 21.8. The van der Waals surface area contributed by atoms with Gasteiger partial charge in [-0.15, -0.1) is 0 Å². The molecule has 32 heavy (non-hydrogen) atoms. The minimum Gasteiger partial charge on any atom is -0.339 e. The summed E-state index contributed by atoms with van der Waals surface area (Å²) in [6, 6.07) is 29.2. The van der Waals surface area contributed by atoms with Gasteiger partial charge in [0.1, 0.15) is 0 Å². The van der Waals surface area contributed by atoms with Crippen molar-refractivity contribution in [2.45, 2.75) is 32.2 Å². The van der Waals surface area contributed by atoms with Gasteiger partial charge in [0.15, 0.2) is 0 Å². The average molecular weight is 425 g/mol. The van der Waals surface area contributed by atoms with E-state index in [2.05, 4.69) is 64.4 Å². The van der Waals surface area contributed by atoms with Crippen LogP contribution >= 0.6 is 0 Å². The zero-order valence-electron chi connectivity index (χ0n) is 18.7. The third-order valence-electron chi connectivity index (χ3n) is 7.52. The van der Waals surface area contributed by atoms with Crippen LogP contribution in [0.4, 0.5) is 0 Å². The molecule has 0 saturated carbocycles. The fourth-order valence-electron chi connectivity index (χ4n) is 5.33. The number of benzene rings is 3. The second kappa shape index (κ2) is 9.30. The minimum absolute atomic E-state index is 0.181. The third kappa shape index (κ3) is 4.63. The van der Waals surface area contributed by atoms with Crippen molar-refractivity contribution in [3.8, 4) is 11.1 Å². The smallest absolute Gasteiger partial charge is 0.253 e. The summed E-state index contributed by atoms with van der Waals surface area (Å²) < 4.78 is 0. The van der Waals surface area contributed by atoms with Crippen LogP contribution in [0, 0.1) is 5.41 Å². The fraction of sp³-hybridized carbons (Fsp3) is 0.345. The Hall–Kier alpha value is -2.91. The largest absolute Gasteiger partial charge is 0.339 e. The van der Waals surface area contributed by atoms with Crippen molar-refractivity contribution in [1.82, 2.24) is 9.80 Å². The van der Waals surface area contributed by atoms with E-state index in [0.29, 0.717) is 5.41 Å². The molecule has 164 valence electrons. The second-order valence-corrected chi connectivity index (χ2v) is 9.50. The van der Waals surface area contributed by atoms with E-state index in [-0.39, 0.29) is 5.91 Å². The molecule has 0 aliphatic carbocycles. The van der Waals surface area contributed by atoms with Crippen molar-refractivity contribution in [2.75, 3.05) is 26.2 Å².